The quantitative estimate of drug-likeness (QED) is 0.848. The van der Waals surface area contributed by atoms with E-state index in [1.165, 1.54) is 0 Å². The number of halogens is 1. The number of rotatable bonds is 1. The smallest absolute Gasteiger partial charge is 0.177 e. The fraction of sp³-hybridized carbons (Fsp3) is 0.100. The van der Waals surface area contributed by atoms with E-state index in [0.29, 0.717) is 0 Å². The van der Waals surface area contributed by atoms with Crippen LogP contribution in [0.5, 0.6) is 5.75 Å². The second-order valence-corrected chi connectivity index (χ2v) is 3.70. The van der Waals surface area contributed by atoms with Crippen molar-refractivity contribution in [3.8, 4) is 17.0 Å². The zero-order valence-corrected chi connectivity index (χ0v) is 9.19. The molecule has 72 valence electrons. The number of aromatic hydroxyl groups is 1. The van der Waals surface area contributed by atoms with Gasteiger partial charge in [-0.1, -0.05) is 12.1 Å². The van der Waals surface area contributed by atoms with Crippen LogP contribution in [0.4, 0.5) is 0 Å². The molecule has 2 aromatic rings. The second kappa shape index (κ2) is 3.46. The maximum atomic E-state index is 9.64. The summed E-state index contributed by atoms with van der Waals surface area (Å²) >= 11 is 3.31. The topological polar surface area (TPSA) is 38.0 Å². The van der Waals surface area contributed by atoms with Crippen molar-refractivity contribution >= 4 is 15.9 Å². The lowest BCUT2D eigenvalue weighted by Crippen LogP contribution is -1.91. The van der Waals surface area contributed by atoms with E-state index in [1.54, 1.807) is 18.3 Å². The molecule has 4 heteroatoms. The second-order valence-electron chi connectivity index (χ2n) is 2.99. The highest BCUT2D eigenvalue weighted by Crippen LogP contribution is 2.29. The van der Waals surface area contributed by atoms with E-state index in [4.69, 9.17) is 0 Å². The lowest BCUT2D eigenvalue weighted by atomic mass is 10.1. The Hall–Kier alpha value is -1.29. The Morgan fingerprint density at radius 1 is 1.36 bits per heavy atom. The summed E-state index contributed by atoms with van der Waals surface area (Å²) in [5.74, 6) is 0.267. The maximum absolute atomic E-state index is 9.64. The van der Waals surface area contributed by atoms with Gasteiger partial charge in [-0.05, 0) is 28.1 Å². The predicted molar refractivity (Wildman–Crippen MR) is 58.0 cm³/mol. The minimum absolute atomic E-state index is 0.267. The van der Waals surface area contributed by atoms with Crippen molar-refractivity contribution in [1.82, 2.24) is 9.55 Å². The monoisotopic (exact) mass is 252 g/mol. The third-order valence-corrected chi connectivity index (χ3v) is 2.85. The van der Waals surface area contributed by atoms with Gasteiger partial charge in [0.1, 0.15) is 5.75 Å². The van der Waals surface area contributed by atoms with Crippen LogP contribution in [0.15, 0.2) is 35.2 Å². The molecule has 0 fully saturated rings. The van der Waals surface area contributed by atoms with E-state index < -0.39 is 0 Å². The maximum Gasteiger partial charge on any atom is 0.177 e. The molecule has 0 spiro atoms. The summed E-state index contributed by atoms with van der Waals surface area (Å²) in [4.78, 5) is 4.10. The number of hydrogen-bond acceptors (Lipinski definition) is 2. The Labute approximate surface area is 90.2 Å². The van der Waals surface area contributed by atoms with E-state index in [0.717, 1.165) is 16.0 Å². The van der Waals surface area contributed by atoms with E-state index in [-0.39, 0.29) is 5.75 Å². The first-order valence-electron chi connectivity index (χ1n) is 4.15. The van der Waals surface area contributed by atoms with E-state index in [9.17, 15) is 5.11 Å². The van der Waals surface area contributed by atoms with Gasteiger partial charge in [0.25, 0.3) is 0 Å². The summed E-state index contributed by atoms with van der Waals surface area (Å²) in [7, 11) is 1.89. The molecule has 0 radical (unpaired) electrons. The number of imidazole rings is 1. The van der Waals surface area contributed by atoms with Crippen molar-refractivity contribution in [3.63, 3.8) is 0 Å². The first-order valence-corrected chi connectivity index (χ1v) is 4.95. The normalized spacial score (nSPS) is 10.4. The molecule has 0 bridgehead atoms. The minimum atomic E-state index is 0.267. The number of aromatic nitrogens is 2. The highest BCUT2D eigenvalue weighted by atomic mass is 79.9. The Kier molecular flexibility index (Phi) is 2.29. The van der Waals surface area contributed by atoms with Gasteiger partial charge in [0.15, 0.2) is 4.73 Å². The van der Waals surface area contributed by atoms with E-state index in [1.807, 2.05) is 23.7 Å². The third-order valence-electron chi connectivity index (χ3n) is 2.11. The molecular weight excluding hydrogens is 244 g/mol. The average Bonchev–Trinajstić information content (AvgIpc) is 2.49. The Bertz CT molecular complexity index is 465. The number of para-hydroxylation sites is 1. The average molecular weight is 253 g/mol. The van der Waals surface area contributed by atoms with Crippen molar-refractivity contribution in [2.75, 3.05) is 0 Å². The summed E-state index contributed by atoms with van der Waals surface area (Å²) in [6.45, 7) is 0. The van der Waals surface area contributed by atoms with Crippen LogP contribution >= 0.6 is 15.9 Å². The molecule has 0 unspecified atom stereocenters. The summed E-state index contributed by atoms with van der Waals surface area (Å²) in [5.41, 5.74) is 1.67. The molecule has 1 N–H and O–H groups in total. The van der Waals surface area contributed by atoms with Crippen molar-refractivity contribution in [1.29, 1.82) is 0 Å². The number of phenols is 1. The molecule has 2 rings (SSSR count). The molecule has 0 saturated carbocycles. The largest absolute Gasteiger partial charge is 0.507 e. The molecule has 0 saturated heterocycles. The van der Waals surface area contributed by atoms with Gasteiger partial charge in [-0.2, -0.15) is 0 Å². The fourth-order valence-corrected chi connectivity index (χ4v) is 1.62. The SMILES string of the molecule is Cn1c(-c2ccccc2O)cnc1Br. The summed E-state index contributed by atoms with van der Waals surface area (Å²) in [6.07, 6.45) is 1.72. The Balaban J connectivity index is 2.60. The van der Waals surface area contributed by atoms with Crippen LogP contribution in [0.25, 0.3) is 11.3 Å². The molecule has 1 aromatic heterocycles. The van der Waals surface area contributed by atoms with Crippen LogP contribution in [0.1, 0.15) is 0 Å². The van der Waals surface area contributed by atoms with Crippen LogP contribution in [0.2, 0.25) is 0 Å². The molecule has 0 aliphatic rings. The molecule has 0 atom stereocenters. The first-order chi connectivity index (χ1) is 6.70. The molecule has 0 aliphatic carbocycles. The van der Waals surface area contributed by atoms with Gasteiger partial charge >= 0.3 is 0 Å². The van der Waals surface area contributed by atoms with Gasteiger partial charge in [-0.15, -0.1) is 0 Å². The third kappa shape index (κ3) is 1.42. The highest BCUT2D eigenvalue weighted by Gasteiger charge is 2.09. The van der Waals surface area contributed by atoms with Gasteiger partial charge in [-0.3, -0.25) is 0 Å². The first kappa shape index (κ1) is 9.27. The van der Waals surface area contributed by atoms with Crippen LogP contribution < -0.4 is 0 Å². The molecule has 14 heavy (non-hydrogen) atoms. The molecule has 3 nitrogen and oxygen atoms in total. The highest BCUT2D eigenvalue weighted by molar-refractivity contribution is 9.10. The van der Waals surface area contributed by atoms with Gasteiger partial charge < -0.3 is 9.67 Å². The standard InChI is InChI=1S/C10H9BrN2O/c1-13-8(6-12-10(13)11)7-4-2-3-5-9(7)14/h2-6,14H,1H3. The van der Waals surface area contributed by atoms with Crippen LogP contribution in [0.3, 0.4) is 0 Å². The number of benzene rings is 1. The number of hydrogen-bond donors (Lipinski definition) is 1. The zero-order chi connectivity index (χ0) is 10.1. The minimum Gasteiger partial charge on any atom is -0.507 e. The summed E-state index contributed by atoms with van der Waals surface area (Å²) in [6, 6.07) is 7.20. The van der Waals surface area contributed by atoms with Crippen molar-refractivity contribution in [2.45, 2.75) is 0 Å². The van der Waals surface area contributed by atoms with E-state index >= 15 is 0 Å². The van der Waals surface area contributed by atoms with Gasteiger partial charge in [0, 0.05) is 12.6 Å². The lowest BCUT2D eigenvalue weighted by molar-refractivity contribution is 0.477. The van der Waals surface area contributed by atoms with Gasteiger partial charge in [-0.25, -0.2) is 4.98 Å². The fourth-order valence-electron chi connectivity index (χ4n) is 1.33. The molecule has 1 heterocycles. The van der Waals surface area contributed by atoms with Crippen molar-refractivity contribution in [2.24, 2.45) is 7.05 Å². The van der Waals surface area contributed by atoms with E-state index in [2.05, 4.69) is 20.9 Å². The molecular formula is C10H9BrN2O. The molecule has 1 aromatic carbocycles. The summed E-state index contributed by atoms with van der Waals surface area (Å²) in [5, 5.41) is 9.64. The van der Waals surface area contributed by atoms with Crippen LogP contribution in [-0.4, -0.2) is 14.7 Å². The van der Waals surface area contributed by atoms with Crippen molar-refractivity contribution in [3.05, 3.63) is 35.2 Å². The van der Waals surface area contributed by atoms with Gasteiger partial charge in [0.2, 0.25) is 0 Å². The lowest BCUT2D eigenvalue weighted by Gasteiger charge is -2.04. The summed E-state index contributed by atoms with van der Waals surface area (Å²) < 4.78 is 2.62. The number of phenolic OH excluding ortho intramolecular Hbond substituents is 1. The van der Waals surface area contributed by atoms with Crippen LogP contribution in [-0.2, 0) is 7.05 Å². The zero-order valence-electron chi connectivity index (χ0n) is 7.61. The Morgan fingerprint density at radius 2 is 2.07 bits per heavy atom. The molecule has 0 aliphatic heterocycles. The number of nitrogens with zero attached hydrogens (tertiary/aromatic N) is 2. The van der Waals surface area contributed by atoms with Gasteiger partial charge in [0.05, 0.1) is 11.9 Å². The Morgan fingerprint density at radius 3 is 2.64 bits per heavy atom. The molecule has 0 amide bonds. The predicted octanol–water partition coefficient (Wildman–Crippen LogP) is 2.56. The van der Waals surface area contributed by atoms with Crippen LogP contribution in [0, 0.1) is 0 Å². The van der Waals surface area contributed by atoms with Crippen molar-refractivity contribution < 1.29 is 5.11 Å².